The highest BCUT2D eigenvalue weighted by molar-refractivity contribution is 6.23. The normalized spacial score (nSPS) is 20.8. The van der Waals surface area contributed by atoms with Crippen molar-refractivity contribution in [2.45, 2.75) is 66.2 Å². The molecule has 1 heterocycles. The molecule has 0 amide bonds. The second-order valence-electron chi connectivity index (χ2n) is 8.26. The highest BCUT2D eigenvalue weighted by atomic mass is 16.6. The lowest BCUT2D eigenvalue weighted by Crippen LogP contribution is -2.36. The standard InChI is InChI=1S/C25H33NO6/c1-6-9-18(26-32-8-3)22-19(27)13-17(21(23(22)28)25(29)30-7-2)20-15(5)12-14(4)16-10-11-31-24(16)20/h12,17,21,28H,6-11,13H2,1-5H3/b26-18+. The van der Waals surface area contributed by atoms with Crippen molar-refractivity contribution in [3.05, 3.63) is 39.7 Å². The molecule has 32 heavy (non-hydrogen) atoms. The van der Waals surface area contributed by atoms with Crippen LogP contribution in [0.25, 0.3) is 0 Å². The first-order chi connectivity index (χ1) is 15.3. The molecule has 0 saturated carbocycles. The fourth-order valence-electron chi connectivity index (χ4n) is 4.79. The van der Waals surface area contributed by atoms with Crippen molar-refractivity contribution in [2.24, 2.45) is 11.1 Å². The minimum absolute atomic E-state index is 0.0530. The molecular weight excluding hydrogens is 410 g/mol. The van der Waals surface area contributed by atoms with Gasteiger partial charge in [0.1, 0.15) is 24.0 Å². The van der Waals surface area contributed by atoms with E-state index in [4.69, 9.17) is 14.3 Å². The fourth-order valence-corrected chi connectivity index (χ4v) is 4.79. The van der Waals surface area contributed by atoms with E-state index in [2.05, 4.69) is 11.2 Å². The van der Waals surface area contributed by atoms with Crippen LogP contribution in [-0.4, -0.2) is 42.4 Å². The number of fused-ring (bicyclic) bond motifs is 1. The van der Waals surface area contributed by atoms with Gasteiger partial charge in [0.15, 0.2) is 5.78 Å². The van der Waals surface area contributed by atoms with Gasteiger partial charge in [0.2, 0.25) is 0 Å². The second-order valence-corrected chi connectivity index (χ2v) is 8.26. The van der Waals surface area contributed by atoms with Crippen molar-refractivity contribution in [1.82, 2.24) is 0 Å². The number of aliphatic hydroxyl groups excluding tert-OH is 1. The molecule has 0 bridgehead atoms. The average Bonchev–Trinajstić information content (AvgIpc) is 3.22. The van der Waals surface area contributed by atoms with E-state index in [0.717, 1.165) is 34.4 Å². The number of rotatable bonds is 8. The summed E-state index contributed by atoms with van der Waals surface area (Å²) in [6, 6.07) is 2.06. The van der Waals surface area contributed by atoms with Crippen LogP contribution in [0.15, 0.2) is 22.6 Å². The lowest BCUT2D eigenvalue weighted by atomic mass is 9.71. The number of esters is 1. The molecule has 2 aliphatic rings. The average molecular weight is 444 g/mol. The summed E-state index contributed by atoms with van der Waals surface area (Å²) in [5.74, 6) is -1.95. The predicted octanol–water partition coefficient (Wildman–Crippen LogP) is 4.48. The summed E-state index contributed by atoms with van der Waals surface area (Å²) in [7, 11) is 0. The Labute approximate surface area is 189 Å². The number of ether oxygens (including phenoxy) is 2. The summed E-state index contributed by atoms with van der Waals surface area (Å²) in [6.07, 6.45) is 2.00. The first-order valence-electron chi connectivity index (χ1n) is 11.4. The Kier molecular flexibility index (Phi) is 7.59. The largest absolute Gasteiger partial charge is 0.511 e. The summed E-state index contributed by atoms with van der Waals surface area (Å²) >= 11 is 0. The molecule has 1 N–H and O–H groups in total. The molecule has 1 aromatic rings. The van der Waals surface area contributed by atoms with E-state index in [1.54, 1.807) is 13.8 Å². The molecule has 174 valence electrons. The van der Waals surface area contributed by atoms with Crippen LogP contribution in [0, 0.1) is 19.8 Å². The first kappa shape index (κ1) is 23.8. The molecule has 7 heteroatoms. The van der Waals surface area contributed by atoms with Crippen LogP contribution in [0.3, 0.4) is 0 Å². The number of benzene rings is 1. The Morgan fingerprint density at radius 3 is 2.62 bits per heavy atom. The summed E-state index contributed by atoms with van der Waals surface area (Å²) in [5, 5.41) is 15.4. The maximum Gasteiger partial charge on any atom is 0.317 e. The second kappa shape index (κ2) is 10.2. The predicted molar refractivity (Wildman–Crippen MR) is 121 cm³/mol. The van der Waals surface area contributed by atoms with Crippen molar-refractivity contribution >= 4 is 17.5 Å². The van der Waals surface area contributed by atoms with Crippen molar-refractivity contribution in [3.63, 3.8) is 0 Å². The molecule has 2 atom stereocenters. The van der Waals surface area contributed by atoms with Gasteiger partial charge in [-0.05, 0) is 45.2 Å². The van der Waals surface area contributed by atoms with Crippen LogP contribution < -0.4 is 4.74 Å². The summed E-state index contributed by atoms with van der Waals surface area (Å²) in [6.45, 7) is 10.5. The lowest BCUT2D eigenvalue weighted by molar-refractivity contribution is -0.148. The van der Waals surface area contributed by atoms with Gasteiger partial charge in [0, 0.05) is 29.9 Å². The number of allylic oxidation sites excluding steroid dienone is 1. The molecule has 0 spiro atoms. The molecule has 0 saturated heterocycles. The van der Waals surface area contributed by atoms with E-state index in [1.807, 2.05) is 20.8 Å². The first-order valence-corrected chi connectivity index (χ1v) is 11.4. The molecule has 7 nitrogen and oxygen atoms in total. The zero-order chi connectivity index (χ0) is 23.4. The lowest BCUT2D eigenvalue weighted by Gasteiger charge is -2.33. The highest BCUT2D eigenvalue weighted by Gasteiger charge is 2.46. The Morgan fingerprint density at radius 1 is 1.22 bits per heavy atom. The topological polar surface area (TPSA) is 94.4 Å². The van der Waals surface area contributed by atoms with E-state index >= 15 is 0 Å². The van der Waals surface area contributed by atoms with Crippen LogP contribution in [-0.2, 0) is 25.6 Å². The van der Waals surface area contributed by atoms with Gasteiger partial charge < -0.3 is 19.4 Å². The molecule has 1 aliphatic heterocycles. The van der Waals surface area contributed by atoms with Crippen molar-refractivity contribution in [1.29, 1.82) is 0 Å². The minimum atomic E-state index is -1.01. The van der Waals surface area contributed by atoms with Gasteiger partial charge in [-0.1, -0.05) is 24.6 Å². The molecule has 0 radical (unpaired) electrons. The Balaban J connectivity index is 2.18. The summed E-state index contributed by atoms with van der Waals surface area (Å²) < 4.78 is 11.3. The number of hydrogen-bond acceptors (Lipinski definition) is 7. The van der Waals surface area contributed by atoms with E-state index in [1.165, 1.54) is 0 Å². The smallest absolute Gasteiger partial charge is 0.317 e. The van der Waals surface area contributed by atoms with Gasteiger partial charge in [-0.3, -0.25) is 9.59 Å². The van der Waals surface area contributed by atoms with E-state index in [-0.39, 0.29) is 30.1 Å². The van der Waals surface area contributed by atoms with Crippen LogP contribution in [0.2, 0.25) is 0 Å². The number of carbonyl (C=O) groups is 2. The third kappa shape index (κ3) is 4.38. The molecule has 2 unspecified atom stereocenters. The molecule has 0 fully saturated rings. The van der Waals surface area contributed by atoms with Crippen LogP contribution in [0.4, 0.5) is 0 Å². The van der Waals surface area contributed by atoms with Gasteiger partial charge in [-0.25, -0.2) is 0 Å². The molecule has 1 aliphatic carbocycles. The van der Waals surface area contributed by atoms with Gasteiger partial charge in [-0.2, -0.15) is 0 Å². The monoisotopic (exact) mass is 443 g/mol. The molecular formula is C25H33NO6. The van der Waals surface area contributed by atoms with Gasteiger partial charge >= 0.3 is 5.97 Å². The van der Waals surface area contributed by atoms with Gasteiger partial charge in [-0.15, -0.1) is 0 Å². The molecule has 3 rings (SSSR count). The Morgan fingerprint density at radius 2 is 1.97 bits per heavy atom. The number of aryl methyl sites for hydroxylation is 2. The van der Waals surface area contributed by atoms with Gasteiger partial charge in [0.05, 0.1) is 24.5 Å². The van der Waals surface area contributed by atoms with Crippen molar-refractivity contribution in [2.75, 3.05) is 19.8 Å². The van der Waals surface area contributed by atoms with Gasteiger partial charge in [0.25, 0.3) is 0 Å². The third-order valence-corrected chi connectivity index (χ3v) is 6.08. The number of aliphatic hydroxyl groups is 1. The number of Topliss-reactive ketones (excluding diaryl/α,β-unsaturated/α-hetero) is 1. The van der Waals surface area contributed by atoms with E-state index in [0.29, 0.717) is 31.8 Å². The maximum absolute atomic E-state index is 13.3. The molecule has 1 aromatic carbocycles. The number of hydrogen-bond donors (Lipinski definition) is 1. The van der Waals surface area contributed by atoms with Crippen LogP contribution in [0.5, 0.6) is 5.75 Å². The highest BCUT2D eigenvalue weighted by Crippen LogP contribution is 2.47. The summed E-state index contributed by atoms with van der Waals surface area (Å²) in [4.78, 5) is 31.6. The number of nitrogens with zero attached hydrogens (tertiary/aromatic N) is 1. The fraction of sp³-hybridized carbons (Fsp3) is 0.560. The quantitative estimate of drug-likeness (QED) is 0.362. The number of carbonyl (C=O) groups excluding carboxylic acids is 2. The zero-order valence-corrected chi connectivity index (χ0v) is 19.6. The number of oxime groups is 1. The minimum Gasteiger partial charge on any atom is -0.511 e. The van der Waals surface area contributed by atoms with Crippen LogP contribution >= 0.6 is 0 Å². The van der Waals surface area contributed by atoms with Crippen LogP contribution in [0.1, 0.15) is 68.2 Å². The van der Waals surface area contributed by atoms with E-state index in [9.17, 15) is 14.7 Å². The SMILES string of the molecule is CCC/C(=N\OCC)C1=C(O)C(C(=O)OCC)C(c2c(C)cc(C)c3c2OCC3)CC1=O. The Bertz CT molecular complexity index is 962. The van der Waals surface area contributed by atoms with Crippen molar-refractivity contribution in [3.8, 4) is 5.75 Å². The Hall–Kier alpha value is -2.83. The maximum atomic E-state index is 13.3. The summed E-state index contributed by atoms with van der Waals surface area (Å²) in [5.41, 5.74) is 4.41. The van der Waals surface area contributed by atoms with Crippen molar-refractivity contribution < 1.29 is 29.0 Å². The zero-order valence-electron chi connectivity index (χ0n) is 19.6. The third-order valence-electron chi connectivity index (χ3n) is 6.08. The molecule has 0 aromatic heterocycles. The van der Waals surface area contributed by atoms with E-state index < -0.39 is 17.8 Å². The number of ketones is 1.